The summed E-state index contributed by atoms with van der Waals surface area (Å²) in [5.41, 5.74) is 3.56. The first kappa shape index (κ1) is 21.1. The molecule has 2 amide bonds. The maximum absolute atomic E-state index is 13.3. The summed E-state index contributed by atoms with van der Waals surface area (Å²) in [6.45, 7) is 3.66. The van der Waals surface area contributed by atoms with Crippen molar-refractivity contribution < 1.29 is 22.8 Å². The first-order valence-electron chi connectivity index (χ1n) is 10.1. The number of alkyl halides is 3. The van der Waals surface area contributed by atoms with Crippen molar-refractivity contribution in [1.29, 1.82) is 0 Å². The Morgan fingerprint density at radius 1 is 1.16 bits per heavy atom. The third kappa shape index (κ3) is 4.19. The van der Waals surface area contributed by atoms with E-state index in [1.807, 2.05) is 26.0 Å². The van der Waals surface area contributed by atoms with Crippen LogP contribution in [-0.4, -0.2) is 24.1 Å². The van der Waals surface area contributed by atoms with Crippen molar-refractivity contribution in [3.8, 4) is 0 Å². The van der Waals surface area contributed by atoms with Crippen molar-refractivity contribution in [2.75, 3.05) is 16.8 Å². The largest absolute Gasteiger partial charge is 0.416 e. The van der Waals surface area contributed by atoms with Gasteiger partial charge in [-0.15, -0.1) is 0 Å². The monoisotopic (exact) mass is 429 g/mol. The molecule has 1 heterocycles. The summed E-state index contributed by atoms with van der Waals surface area (Å²) in [6.07, 6.45) is -2.12. The van der Waals surface area contributed by atoms with Crippen LogP contribution in [0.3, 0.4) is 0 Å². The van der Waals surface area contributed by atoms with Gasteiger partial charge in [0.05, 0.1) is 22.9 Å². The molecule has 1 fully saturated rings. The van der Waals surface area contributed by atoms with E-state index in [9.17, 15) is 22.8 Å². The molecular weight excluding hydrogens is 407 g/mol. The molecule has 8 heteroatoms. The first-order chi connectivity index (χ1) is 14.6. The SMILES string of the molecule is Cc1cc2c(cc1C)N(CC(=O)Nc1ccc(C(F)(F)F)cc1)C(=O)C1CCCC1=N2. The number of nitrogens with one attached hydrogen (secondary N) is 1. The van der Waals surface area contributed by atoms with Gasteiger partial charge in [-0.25, -0.2) is 0 Å². The highest BCUT2D eigenvalue weighted by molar-refractivity contribution is 6.16. The van der Waals surface area contributed by atoms with E-state index in [4.69, 9.17) is 4.99 Å². The Labute approximate surface area is 178 Å². The number of aliphatic imine (C=N–C) groups is 1. The second-order valence-corrected chi connectivity index (χ2v) is 8.02. The summed E-state index contributed by atoms with van der Waals surface area (Å²) in [5, 5.41) is 2.59. The third-order valence-corrected chi connectivity index (χ3v) is 5.84. The minimum atomic E-state index is -4.44. The molecule has 2 aromatic rings. The van der Waals surface area contributed by atoms with Gasteiger partial charge in [-0.2, -0.15) is 13.2 Å². The van der Waals surface area contributed by atoms with Crippen LogP contribution < -0.4 is 10.2 Å². The summed E-state index contributed by atoms with van der Waals surface area (Å²) in [4.78, 5) is 32.2. The summed E-state index contributed by atoms with van der Waals surface area (Å²) in [6, 6.07) is 8.00. The highest BCUT2D eigenvalue weighted by atomic mass is 19.4. The fourth-order valence-corrected chi connectivity index (χ4v) is 4.03. The number of nitrogens with zero attached hydrogens (tertiary/aromatic N) is 2. The number of anilines is 2. The van der Waals surface area contributed by atoms with Crippen molar-refractivity contribution in [1.82, 2.24) is 0 Å². The molecule has 1 N–H and O–H groups in total. The Morgan fingerprint density at radius 3 is 2.52 bits per heavy atom. The van der Waals surface area contributed by atoms with E-state index in [1.165, 1.54) is 17.0 Å². The molecule has 1 aliphatic carbocycles. The Balaban J connectivity index is 1.59. The number of hydrogen-bond donors (Lipinski definition) is 1. The third-order valence-electron chi connectivity index (χ3n) is 5.84. The van der Waals surface area contributed by atoms with Gasteiger partial charge in [0, 0.05) is 11.4 Å². The second kappa shape index (κ2) is 7.83. The molecule has 4 rings (SSSR count). The summed E-state index contributed by atoms with van der Waals surface area (Å²) in [5.74, 6) is -0.994. The van der Waals surface area contributed by atoms with E-state index in [1.54, 1.807) is 0 Å². The molecule has 1 atom stereocenters. The number of carbonyl (C=O) groups is 2. The zero-order valence-electron chi connectivity index (χ0n) is 17.2. The van der Waals surface area contributed by atoms with E-state index >= 15 is 0 Å². The smallest absolute Gasteiger partial charge is 0.325 e. The number of carbonyl (C=O) groups excluding carboxylic acids is 2. The fourth-order valence-electron chi connectivity index (χ4n) is 4.03. The van der Waals surface area contributed by atoms with Gasteiger partial charge in [-0.05, 0) is 80.6 Å². The summed E-state index contributed by atoms with van der Waals surface area (Å²) in [7, 11) is 0. The average molecular weight is 429 g/mol. The molecule has 31 heavy (non-hydrogen) atoms. The maximum Gasteiger partial charge on any atom is 0.416 e. The molecule has 0 aromatic heterocycles. The lowest BCUT2D eigenvalue weighted by molar-refractivity contribution is -0.137. The van der Waals surface area contributed by atoms with Gasteiger partial charge < -0.3 is 10.2 Å². The topological polar surface area (TPSA) is 61.8 Å². The molecule has 0 saturated heterocycles. The van der Waals surface area contributed by atoms with Crippen LogP contribution in [0.1, 0.15) is 36.0 Å². The van der Waals surface area contributed by atoms with Crippen LogP contribution in [-0.2, 0) is 15.8 Å². The molecule has 1 saturated carbocycles. The van der Waals surface area contributed by atoms with Crippen molar-refractivity contribution in [3.05, 3.63) is 53.1 Å². The predicted molar refractivity (Wildman–Crippen MR) is 113 cm³/mol. The van der Waals surface area contributed by atoms with E-state index < -0.39 is 17.6 Å². The highest BCUT2D eigenvalue weighted by Crippen LogP contribution is 2.39. The maximum atomic E-state index is 13.3. The molecule has 2 aliphatic rings. The molecular formula is C23H22F3N3O2. The molecule has 0 bridgehead atoms. The number of fused-ring (bicyclic) bond motifs is 2. The average Bonchev–Trinajstić information content (AvgIpc) is 3.13. The van der Waals surface area contributed by atoms with Crippen LogP contribution in [0.2, 0.25) is 0 Å². The number of amides is 2. The normalized spacial score (nSPS) is 18.2. The number of hydrogen-bond acceptors (Lipinski definition) is 3. The van der Waals surface area contributed by atoms with Crippen LogP contribution in [0.15, 0.2) is 41.4 Å². The number of rotatable bonds is 3. The van der Waals surface area contributed by atoms with Gasteiger partial charge in [0.1, 0.15) is 6.54 Å². The van der Waals surface area contributed by atoms with Gasteiger partial charge in [0.2, 0.25) is 11.8 Å². The lowest BCUT2D eigenvalue weighted by Gasteiger charge is -2.25. The van der Waals surface area contributed by atoms with Crippen molar-refractivity contribution in [2.24, 2.45) is 10.9 Å². The van der Waals surface area contributed by atoms with Crippen molar-refractivity contribution in [3.63, 3.8) is 0 Å². The van der Waals surface area contributed by atoms with Gasteiger partial charge in [0.25, 0.3) is 0 Å². The Kier molecular flexibility index (Phi) is 5.33. The summed E-state index contributed by atoms with van der Waals surface area (Å²) >= 11 is 0. The molecule has 162 valence electrons. The highest BCUT2D eigenvalue weighted by Gasteiger charge is 2.37. The van der Waals surface area contributed by atoms with Crippen molar-refractivity contribution >= 4 is 34.6 Å². The number of halogens is 3. The quantitative estimate of drug-likeness (QED) is 0.731. The molecule has 0 radical (unpaired) electrons. The summed E-state index contributed by atoms with van der Waals surface area (Å²) < 4.78 is 38.2. The number of aryl methyl sites for hydroxylation is 2. The van der Waals surface area contributed by atoms with Crippen LogP contribution >= 0.6 is 0 Å². The Hall–Kier alpha value is -3.16. The molecule has 1 unspecified atom stereocenters. The molecule has 1 aliphatic heterocycles. The van der Waals surface area contributed by atoms with Gasteiger partial charge in [0.15, 0.2) is 0 Å². The van der Waals surface area contributed by atoms with E-state index in [0.29, 0.717) is 17.8 Å². The molecule has 0 spiro atoms. The first-order valence-corrected chi connectivity index (χ1v) is 10.1. The van der Waals surface area contributed by atoms with Gasteiger partial charge in [-0.3, -0.25) is 14.6 Å². The van der Waals surface area contributed by atoms with Crippen LogP contribution in [0.5, 0.6) is 0 Å². The lowest BCUT2D eigenvalue weighted by atomic mass is 10.0. The zero-order valence-corrected chi connectivity index (χ0v) is 17.2. The minimum absolute atomic E-state index is 0.166. The predicted octanol–water partition coefficient (Wildman–Crippen LogP) is 5.18. The van der Waals surface area contributed by atoms with E-state index in [2.05, 4.69) is 5.32 Å². The van der Waals surface area contributed by atoms with Crippen LogP contribution in [0.4, 0.5) is 30.2 Å². The van der Waals surface area contributed by atoms with Gasteiger partial charge >= 0.3 is 6.18 Å². The van der Waals surface area contributed by atoms with Crippen LogP contribution in [0, 0.1) is 19.8 Å². The molecule has 5 nitrogen and oxygen atoms in total. The van der Waals surface area contributed by atoms with Crippen molar-refractivity contribution in [2.45, 2.75) is 39.3 Å². The van der Waals surface area contributed by atoms with E-state index in [-0.39, 0.29) is 24.1 Å². The standard InChI is InChI=1S/C23H22F3N3O2/c1-13-10-19-20(11-14(13)2)29(22(31)17-4-3-5-18(17)28-19)12-21(30)27-16-8-6-15(7-9-16)23(24,25)26/h6-11,17H,3-5,12H2,1-2H3,(H,27,30). The number of benzene rings is 2. The second-order valence-electron chi connectivity index (χ2n) is 8.02. The minimum Gasteiger partial charge on any atom is -0.325 e. The van der Waals surface area contributed by atoms with E-state index in [0.717, 1.165) is 41.8 Å². The zero-order chi connectivity index (χ0) is 22.3. The van der Waals surface area contributed by atoms with Crippen LogP contribution in [0.25, 0.3) is 0 Å². The molecule has 2 aromatic carbocycles. The lowest BCUT2D eigenvalue weighted by Crippen LogP contribution is -2.42. The van der Waals surface area contributed by atoms with Gasteiger partial charge in [-0.1, -0.05) is 0 Å². The Bertz CT molecular complexity index is 1070. The fraction of sp³-hybridized carbons (Fsp3) is 0.348. The Morgan fingerprint density at radius 2 is 1.84 bits per heavy atom.